The molecule has 0 saturated heterocycles. The Bertz CT molecular complexity index is 481. The zero-order chi connectivity index (χ0) is 14.8. The highest BCUT2D eigenvalue weighted by Crippen LogP contribution is 2.37. The second-order valence-electron chi connectivity index (χ2n) is 5.84. The van der Waals surface area contributed by atoms with Gasteiger partial charge in [-0.15, -0.1) is 0 Å². The fraction of sp³-hybridized carbons (Fsp3) is 0.600. The van der Waals surface area contributed by atoms with E-state index in [0.29, 0.717) is 17.4 Å². The predicted octanol–water partition coefficient (Wildman–Crippen LogP) is 2.77. The molecule has 112 valence electrons. The first kappa shape index (κ1) is 14.9. The molecule has 0 bridgehead atoms. The molecule has 2 atom stereocenters. The van der Waals surface area contributed by atoms with Gasteiger partial charge in [0.05, 0.1) is 30.6 Å². The van der Waals surface area contributed by atoms with Gasteiger partial charge in [0.15, 0.2) is 0 Å². The molecular formula is C15H23FN2O2. The van der Waals surface area contributed by atoms with E-state index < -0.39 is 11.4 Å². The molecular weight excluding hydrogens is 259 g/mol. The summed E-state index contributed by atoms with van der Waals surface area (Å²) in [5.41, 5.74) is 5.82. The van der Waals surface area contributed by atoms with Crippen LogP contribution in [0.1, 0.15) is 32.6 Å². The number of ether oxygens (including phenoxy) is 1. The molecule has 5 heteroatoms. The van der Waals surface area contributed by atoms with Crippen molar-refractivity contribution in [3.63, 3.8) is 0 Å². The summed E-state index contributed by atoms with van der Waals surface area (Å²) in [6, 6.07) is 2.81. The number of methoxy groups -OCH3 is 1. The number of aliphatic hydroxyl groups excluding tert-OH is 1. The van der Waals surface area contributed by atoms with E-state index in [1.807, 2.05) is 0 Å². The van der Waals surface area contributed by atoms with Crippen LogP contribution in [0, 0.1) is 11.7 Å². The summed E-state index contributed by atoms with van der Waals surface area (Å²) in [4.78, 5) is 0. The standard InChI is InChI=1S/C15H23FN2O2/c1-10-4-3-5-15(8-10,9-19)18-13-7-14(20-2)12(17)6-11(13)16/h6-7,10,18-19H,3-5,8-9,17H2,1-2H3. The van der Waals surface area contributed by atoms with Gasteiger partial charge in [-0.2, -0.15) is 0 Å². The Morgan fingerprint density at radius 1 is 1.55 bits per heavy atom. The predicted molar refractivity (Wildman–Crippen MR) is 78.4 cm³/mol. The molecule has 0 aliphatic heterocycles. The highest BCUT2D eigenvalue weighted by atomic mass is 19.1. The topological polar surface area (TPSA) is 67.5 Å². The number of aliphatic hydroxyl groups is 1. The lowest BCUT2D eigenvalue weighted by molar-refractivity contribution is 0.149. The molecule has 20 heavy (non-hydrogen) atoms. The first-order valence-electron chi connectivity index (χ1n) is 7.02. The number of benzene rings is 1. The van der Waals surface area contributed by atoms with Crippen molar-refractivity contribution in [3.8, 4) is 5.75 Å². The molecule has 2 rings (SSSR count). The van der Waals surface area contributed by atoms with Crippen molar-refractivity contribution in [2.45, 2.75) is 38.1 Å². The Kier molecular flexibility index (Phi) is 4.38. The maximum atomic E-state index is 14.0. The van der Waals surface area contributed by atoms with Gasteiger partial charge in [-0.05, 0) is 18.8 Å². The quantitative estimate of drug-likeness (QED) is 0.743. The van der Waals surface area contributed by atoms with E-state index in [2.05, 4.69) is 12.2 Å². The molecule has 1 aliphatic rings. The summed E-state index contributed by atoms with van der Waals surface area (Å²) >= 11 is 0. The number of hydrogen-bond donors (Lipinski definition) is 3. The summed E-state index contributed by atoms with van der Waals surface area (Å²) in [5.74, 6) is 0.530. The van der Waals surface area contributed by atoms with Crippen molar-refractivity contribution in [1.82, 2.24) is 0 Å². The zero-order valence-corrected chi connectivity index (χ0v) is 12.1. The lowest BCUT2D eigenvalue weighted by atomic mass is 9.76. The largest absolute Gasteiger partial charge is 0.495 e. The molecule has 1 saturated carbocycles. The number of nitrogens with two attached hydrogens (primary N) is 1. The molecule has 4 nitrogen and oxygen atoms in total. The maximum absolute atomic E-state index is 14.0. The molecule has 2 unspecified atom stereocenters. The first-order chi connectivity index (χ1) is 9.49. The summed E-state index contributed by atoms with van der Waals surface area (Å²) in [5, 5.41) is 12.9. The number of halogens is 1. The fourth-order valence-electron chi connectivity index (χ4n) is 3.08. The van der Waals surface area contributed by atoms with Crippen LogP contribution in [0.15, 0.2) is 12.1 Å². The van der Waals surface area contributed by atoms with Crippen LogP contribution in [-0.2, 0) is 0 Å². The van der Waals surface area contributed by atoms with E-state index in [4.69, 9.17) is 10.5 Å². The van der Waals surface area contributed by atoms with Crippen LogP contribution in [0.25, 0.3) is 0 Å². The molecule has 1 aromatic carbocycles. The summed E-state index contributed by atoms with van der Waals surface area (Å²) in [7, 11) is 1.50. The van der Waals surface area contributed by atoms with Crippen LogP contribution >= 0.6 is 0 Å². The van der Waals surface area contributed by atoms with Gasteiger partial charge in [0, 0.05) is 12.1 Å². The third kappa shape index (κ3) is 2.98. The van der Waals surface area contributed by atoms with Crippen molar-refractivity contribution < 1.29 is 14.2 Å². The SMILES string of the molecule is COc1cc(NC2(CO)CCCC(C)C2)c(F)cc1N. The van der Waals surface area contributed by atoms with Gasteiger partial charge in [0.25, 0.3) is 0 Å². The van der Waals surface area contributed by atoms with Gasteiger partial charge in [0.1, 0.15) is 11.6 Å². The smallest absolute Gasteiger partial charge is 0.148 e. The molecule has 1 fully saturated rings. The summed E-state index contributed by atoms with van der Waals surface area (Å²) in [6.45, 7) is 2.15. The van der Waals surface area contributed by atoms with Crippen LogP contribution in [0.5, 0.6) is 5.75 Å². The summed E-state index contributed by atoms with van der Waals surface area (Å²) in [6.07, 6.45) is 3.84. The first-order valence-corrected chi connectivity index (χ1v) is 7.02. The van der Waals surface area contributed by atoms with Gasteiger partial charge in [-0.25, -0.2) is 4.39 Å². The van der Waals surface area contributed by atoms with E-state index in [1.54, 1.807) is 6.07 Å². The normalized spacial score (nSPS) is 26.3. The maximum Gasteiger partial charge on any atom is 0.148 e. The Hall–Kier alpha value is -1.49. The number of rotatable bonds is 4. The van der Waals surface area contributed by atoms with E-state index >= 15 is 0 Å². The van der Waals surface area contributed by atoms with Gasteiger partial charge in [0.2, 0.25) is 0 Å². The minimum atomic E-state index is -0.459. The summed E-state index contributed by atoms with van der Waals surface area (Å²) < 4.78 is 19.2. The molecule has 0 heterocycles. The minimum absolute atomic E-state index is 0.0104. The van der Waals surface area contributed by atoms with E-state index in [-0.39, 0.29) is 12.3 Å². The van der Waals surface area contributed by atoms with Crippen molar-refractivity contribution in [2.75, 3.05) is 24.8 Å². The van der Waals surface area contributed by atoms with Gasteiger partial charge >= 0.3 is 0 Å². The van der Waals surface area contributed by atoms with E-state index in [9.17, 15) is 9.50 Å². The Morgan fingerprint density at radius 3 is 2.90 bits per heavy atom. The Balaban J connectivity index is 2.27. The van der Waals surface area contributed by atoms with Crippen LogP contribution < -0.4 is 15.8 Å². The molecule has 4 N–H and O–H groups in total. The van der Waals surface area contributed by atoms with Crippen LogP contribution in [0.3, 0.4) is 0 Å². The second kappa shape index (κ2) is 5.87. The second-order valence-corrected chi connectivity index (χ2v) is 5.84. The van der Waals surface area contributed by atoms with Crippen molar-refractivity contribution in [3.05, 3.63) is 17.9 Å². The van der Waals surface area contributed by atoms with Gasteiger partial charge in [-0.1, -0.05) is 19.8 Å². The highest BCUT2D eigenvalue weighted by Gasteiger charge is 2.35. The fourth-order valence-corrected chi connectivity index (χ4v) is 3.08. The van der Waals surface area contributed by atoms with Gasteiger partial charge < -0.3 is 20.9 Å². The van der Waals surface area contributed by atoms with Crippen LogP contribution in [0.4, 0.5) is 15.8 Å². The third-order valence-electron chi connectivity index (χ3n) is 4.11. The zero-order valence-electron chi connectivity index (χ0n) is 12.1. The van der Waals surface area contributed by atoms with Crippen molar-refractivity contribution in [1.29, 1.82) is 0 Å². The number of hydrogen-bond acceptors (Lipinski definition) is 4. The van der Waals surface area contributed by atoms with Crippen LogP contribution in [-0.4, -0.2) is 24.4 Å². The number of nitrogens with one attached hydrogen (secondary N) is 1. The highest BCUT2D eigenvalue weighted by molar-refractivity contribution is 5.63. The van der Waals surface area contributed by atoms with Crippen LogP contribution in [0.2, 0.25) is 0 Å². The van der Waals surface area contributed by atoms with E-state index in [0.717, 1.165) is 25.7 Å². The molecule has 1 aromatic rings. The van der Waals surface area contributed by atoms with E-state index in [1.165, 1.54) is 13.2 Å². The number of nitrogen functional groups attached to an aromatic ring is 1. The Morgan fingerprint density at radius 2 is 2.30 bits per heavy atom. The lowest BCUT2D eigenvalue weighted by Crippen LogP contribution is -2.46. The monoisotopic (exact) mass is 282 g/mol. The van der Waals surface area contributed by atoms with Crippen molar-refractivity contribution in [2.24, 2.45) is 5.92 Å². The molecule has 1 aliphatic carbocycles. The average molecular weight is 282 g/mol. The molecule has 0 amide bonds. The minimum Gasteiger partial charge on any atom is -0.495 e. The molecule has 0 spiro atoms. The average Bonchev–Trinajstić information content (AvgIpc) is 2.42. The molecule has 0 aromatic heterocycles. The lowest BCUT2D eigenvalue weighted by Gasteiger charge is -2.40. The van der Waals surface area contributed by atoms with Crippen molar-refractivity contribution >= 4 is 11.4 Å². The third-order valence-corrected chi connectivity index (χ3v) is 4.11. The number of anilines is 2. The van der Waals surface area contributed by atoms with Gasteiger partial charge in [-0.3, -0.25) is 0 Å². The Labute approximate surface area is 119 Å². The molecule has 0 radical (unpaired) electrons.